The predicted octanol–water partition coefficient (Wildman–Crippen LogP) is 3.27. The zero-order valence-corrected chi connectivity index (χ0v) is 11.2. The van der Waals surface area contributed by atoms with Crippen LogP contribution in [0.4, 0.5) is 4.39 Å². The summed E-state index contributed by atoms with van der Waals surface area (Å²) in [7, 11) is 0. The van der Waals surface area contributed by atoms with Crippen molar-refractivity contribution in [2.24, 2.45) is 0 Å². The Hall–Kier alpha value is -2.18. The summed E-state index contributed by atoms with van der Waals surface area (Å²) >= 11 is 0. The molecule has 1 N–H and O–H groups in total. The second-order valence-electron chi connectivity index (χ2n) is 4.64. The van der Waals surface area contributed by atoms with Crippen molar-refractivity contribution in [2.75, 3.05) is 13.1 Å². The summed E-state index contributed by atoms with van der Waals surface area (Å²) < 4.78 is 13.4. The Morgan fingerprint density at radius 1 is 1.05 bits per heavy atom. The van der Waals surface area contributed by atoms with Gasteiger partial charge in [0.1, 0.15) is 5.82 Å². The van der Waals surface area contributed by atoms with Crippen LogP contribution in [-0.2, 0) is 6.42 Å². The van der Waals surface area contributed by atoms with E-state index in [1.54, 1.807) is 12.1 Å². The van der Waals surface area contributed by atoms with Gasteiger partial charge in [-0.1, -0.05) is 48.5 Å². The molecule has 0 spiro atoms. The molecule has 102 valence electrons. The Balaban J connectivity index is 1.81. The lowest BCUT2D eigenvalue weighted by molar-refractivity contribution is 0.593. The van der Waals surface area contributed by atoms with E-state index in [2.05, 4.69) is 11.4 Å². The lowest BCUT2D eigenvalue weighted by Gasteiger charge is -2.11. The van der Waals surface area contributed by atoms with Gasteiger partial charge in [0.25, 0.3) is 0 Å². The van der Waals surface area contributed by atoms with E-state index in [1.165, 1.54) is 6.07 Å². The summed E-state index contributed by atoms with van der Waals surface area (Å²) in [5.74, 6) is -0.342. The molecule has 0 aromatic heterocycles. The van der Waals surface area contributed by atoms with Crippen molar-refractivity contribution in [3.8, 4) is 6.07 Å². The molecule has 2 rings (SSSR count). The van der Waals surface area contributed by atoms with Crippen molar-refractivity contribution in [3.05, 3.63) is 71.5 Å². The summed E-state index contributed by atoms with van der Waals surface area (Å²) in [5.41, 5.74) is 1.71. The summed E-state index contributed by atoms with van der Waals surface area (Å²) in [4.78, 5) is 0. The lowest BCUT2D eigenvalue weighted by atomic mass is 10.0. The van der Waals surface area contributed by atoms with E-state index in [1.807, 2.05) is 36.4 Å². The third-order valence-electron chi connectivity index (χ3n) is 3.24. The van der Waals surface area contributed by atoms with E-state index in [-0.39, 0.29) is 11.7 Å². The van der Waals surface area contributed by atoms with Gasteiger partial charge in [-0.2, -0.15) is 5.26 Å². The van der Waals surface area contributed by atoms with Crippen molar-refractivity contribution in [2.45, 2.75) is 12.3 Å². The highest BCUT2D eigenvalue weighted by molar-refractivity contribution is 5.25. The molecule has 0 aliphatic rings. The molecule has 2 aromatic carbocycles. The van der Waals surface area contributed by atoms with Crippen LogP contribution in [0, 0.1) is 17.1 Å². The SMILES string of the molecule is N#CC(CNCCc1ccccc1F)c1ccccc1. The van der Waals surface area contributed by atoms with Crippen molar-refractivity contribution in [3.63, 3.8) is 0 Å². The molecule has 1 unspecified atom stereocenters. The molecule has 0 radical (unpaired) electrons. The molecule has 1 atom stereocenters. The van der Waals surface area contributed by atoms with Gasteiger partial charge < -0.3 is 5.32 Å². The maximum atomic E-state index is 13.4. The standard InChI is InChI=1S/C17H17FN2/c18-17-9-5-4-8-15(17)10-11-20-13-16(12-19)14-6-2-1-3-7-14/h1-9,16,20H,10-11,13H2. The van der Waals surface area contributed by atoms with Crippen LogP contribution in [0.25, 0.3) is 0 Å². The molecule has 0 aliphatic carbocycles. The number of nitrogens with one attached hydrogen (secondary N) is 1. The number of nitrogens with zero attached hydrogens (tertiary/aromatic N) is 1. The molecule has 20 heavy (non-hydrogen) atoms. The molecule has 0 heterocycles. The minimum atomic E-state index is -0.172. The molecule has 0 amide bonds. The molecular weight excluding hydrogens is 251 g/mol. The van der Waals surface area contributed by atoms with E-state index in [0.717, 1.165) is 5.56 Å². The normalized spacial score (nSPS) is 11.8. The Labute approximate surface area is 118 Å². The fourth-order valence-corrected chi connectivity index (χ4v) is 2.09. The number of hydrogen-bond donors (Lipinski definition) is 1. The third-order valence-corrected chi connectivity index (χ3v) is 3.24. The first-order valence-corrected chi connectivity index (χ1v) is 6.70. The van der Waals surface area contributed by atoms with Crippen LogP contribution in [0.3, 0.4) is 0 Å². The van der Waals surface area contributed by atoms with Crippen LogP contribution in [0.1, 0.15) is 17.0 Å². The van der Waals surface area contributed by atoms with Gasteiger partial charge in [-0.3, -0.25) is 0 Å². The van der Waals surface area contributed by atoms with Gasteiger partial charge >= 0.3 is 0 Å². The van der Waals surface area contributed by atoms with Crippen LogP contribution in [-0.4, -0.2) is 13.1 Å². The van der Waals surface area contributed by atoms with E-state index < -0.39 is 0 Å². The number of nitriles is 1. The molecule has 0 saturated heterocycles. The van der Waals surface area contributed by atoms with Crippen molar-refractivity contribution in [1.29, 1.82) is 5.26 Å². The molecule has 2 aromatic rings. The summed E-state index contributed by atoms with van der Waals surface area (Å²) in [5, 5.41) is 12.4. The van der Waals surface area contributed by atoms with Crippen LogP contribution < -0.4 is 5.32 Å². The molecule has 0 saturated carbocycles. The monoisotopic (exact) mass is 268 g/mol. The average molecular weight is 268 g/mol. The van der Waals surface area contributed by atoms with Crippen molar-refractivity contribution < 1.29 is 4.39 Å². The predicted molar refractivity (Wildman–Crippen MR) is 77.8 cm³/mol. The first-order valence-electron chi connectivity index (χ1n) is 6.70. The Morgan fingerprint density at radius 2 is 1.75 bits per heavy atom. The maximum Gasteiger partial charge on any atom is 0.126 e. The molecule has 3 heteroatoms. The second-order valence-corrected chi connectivity index (χ2v) is 4.64. The minimum Gasteiger partial charge on any atom is -0.315 e. The van der Waals surface area contributed by atoms with Crippen LogP contribution in [0.15, 0.2) is 54.6 Å². The average Bonchev–Trinajstić information content (AvgIpc) is 2.50. The van der Waals surface area contributed by atoms with Gasteiger partial charge in [0, 0.05) is 6.54 Å². The van der Waals surface area contributed by atoms with Crippen LogP contribution >= 0.6 is 0 Å². The number of halogens is 1. The lowest BCUT2D eigenvalue weighted by Crippen LogP contribution is -2.23. The molecule has 0 bridgehead atoms. The third kappa shape index (κ3) is 3.91. The molecule has 0 fully saturated rings. The largest absolute Gasteiger partial charge is 0.315 e. The van der Waals surface area contributed by atoms with Gasteiger partial charge in [0.2, 0.25) is 0 Å². The van der Waals surface area contributed by atoms with Gasteiger partial charge in [-0.25, -0.2) is 4.39 Å². The fraction of sp³-hybridized carbons (Fsp3) is 0.235. The molecular formula is C17H17FN2. The van der Waals surface area contributed by atoms with E-state index in [0.29, 0.717) is 25.1 Å². The zero-order valence-electron chi connectivity index (χ0n) is 11.2. The van der Waals surface area contributed by atoms with Gasteiger partial charge in [-0.05, 0) is 30.2 Å². The molecule has 0 aliphatic heterocycles. The molecule has 2 nitrogen and oxygen atoms in total. The van der Waals surface area contributed by atoms with Gasteiger partial charge in [0.15, 0.2) is 0 Å². The summed E-state index contributed by atoms with van der Waals surface area (Å²) in [6.45, 7) is 1.24. The number of hydrogen-bond acceptors (Lipinski definition) is 2. The maximum absolute atomic E-state index is 13.4. The van der Waals surface area contributed by atoms with Gasteiger partial charge in [0.05, 0.1) is 12.0 Å². The van der Waals surface area contributed by atoms with Gasteiger partial charge in [-0.15, -0.1) is 0 Å². The minimum absolute atomic E-state index is 0.170. The zero-order chi connectivity index (χ0) is 14.2. The Kier molecular flexibility index (Phi) is 5.28. The van der Waals surface area contributed by atoms with Crippen molar-refractivity contribution in [1.82, 2.24) is 5.32 Å². The topological polar surface area (TPSA) is 35.8 Å². The fourth-order valence-electron chi connectivity index (χ4n) is 2.09. The van der Waals surface area contributed by atoms with Crippen molar-refractivity contribution >= 4 is 0 Å². The first-order chi connectivity index (χ1) is 9.81. The van der Waals surface area contributed by atoms with E-state index in [9.17, 15) is 9.65 Å². The van der Waals surface area contributed by atoms with E-state index >= 15 is 0 Å². The summed E-state index contributed by atoms with van der Waals surface area (Å²) in [6.07, 6.45) is 0.625. The smallest absolute Gasteiger partial charge is 0.126 e. The Bertz CT molecular complexity index is 575. The van der Waals surface area contributed by atoms with Crippen LogP contribution in [0.5, 0.6) is 0 Å². The second kappa shape index (κ2) is 7.42. The Morgan fingerprint density at radius 3 is 2.45 bits per heavy atom. The highest BCUT2D eigenvalue weighted by Gasteiger charge is 2.09. The number of rotatable bonds is 6. The van der Waals surface area contributed by atoms with E-state index in [4.69, 9.17) is 0 Å². The van der Waals surface area contributed by atoms with Crippen LogP contribution in [0.2, 0.25) is 0 Å². The highest BCUT2D eigenvalue weighted by Crippen LogP contribution is 2.13. The highest BCUT2D eigenvalue weighted by atomic mass is 19.1. The quantitative estimate of drug-likeness (QED) is 0.816. The number of benzene rings is 2. The first kappa shape index (κ1) is 14.2. The summed E-state index contributed by atoms with van der Waals surface area (Å²) in [6, 6.07) is 18.8.